The van der Waals surface area contributed by atoms with E-state index in [4.69, 9.17) is 11.6 Å². The number of halogens is 5. The smallest absolute Gasteiger partial charge is 0.248 e. The first-order valence-corrected chi connectivity index (χ1v) is 5.46. The van der Waals surface area contributed by atoms with Gasteiger partial charge >= 0.3 is 6.18 Å². The lowest BCUT2D eigenvalue weighted by Crippen LogP contribution is -2.22. The molecule has 6 heteroatoms. The van der Waals surface area contributed by atoms with Crippen LogP contribution in [0.1, 0.15) is 5.56 Å². The van der Waals surface area contributed by atoms with Crippen molar-refractivity contribution in [2.24, 2.45) is 4.99 Å². The van der Waals surface area contributed by atoms with Crippen molar-refractivity contribution in [2.75, 3.05) is 0 Å². The minimum atomic E-state index is -4.35. The highest BCUT2D eigenvalue weighted by molar-refractivity contribution is 14.1. The van der Waals surface area contributed by atoms with E-state index in [2.05, 4.69) is 4.99 Å². The average Bonchev–Trinajstić information content (AvgIpc) is 2.47. The summed E-state index contributed by atoms with van der Waals surface area (Å²) >= 11 is 7.78. The number of alkyl halides is 3. The van der Waals surface area contributed by atoms with Gasteiger partial charge in [0, 0.05) is 9.99 Å². The van der Waals surface area contributed by atoms with Crippen LogP contribution in [0.2, 0.25) is 5.02 Å². The maximum atomic E-state index is 12.4. The second-order valence-electron chi connectivity index (χ2n) is 3.13. The van der Waals surface area contributed by atoms with Gasteiger partial charge in [-0.2, -0.15) is 13.2 Å². The summed E-state index contributed by atoms with van der Waals surface area (Å²) in [6.07, 6.45) is -4.51. The van der Waals surface area contributed by atoms with Crippen LogP contribution in [0.4, 0.5) is 18.9 Å². The van der Waals surface area contributed by atoms with Gasteiger partial charge in [-0.25, -0.2) is 4.99 Å². The highest BCUT2D eigenvalue weighted by Crippen LogP contribution is 2.36. The molecule has 0 aromatic heterocycles. The fourth-order valence-corrected chi connectivity index (χ4v) is 2.04. The van der Waals surface area contributed by atoms with E-state index in [1.165, 1.54) is 6.07 Å². The van der Waals surface area contributed by atoms with Crippen LogP contribution in [-0.2, 0) is 6.42 Å². The van der Waals surface area contributed by atoms with Crippen LogP contribution in [0.5, 0.6) is 0 Å². The van der Waals surface area contributed by atoms with E-state index >= 15 is 0 Å². The van der Waals surface area contributed by atoms with Crippen molar-refractivity contribution in [3.63, 3.8) is 0 Å². The lowest BCUT2D eigenvalue weighted by atomic mass is 10.1. The molecular formula is C9H4ClF3IN. The molecule has 15 heavy (non-hydrogen) atoms. The third-order valence-electron chi connectivity index (χ3n) is 2.06. The van der Waals surface area contributed by atoms with E-state index in [-0.39, 0.29) is 6.42 Å². The third kappa shape index (κ3) is 2.13. The van der Waals surface area contributed by atoms with Gasteiger partial charge in [0.15, 0.2) is 0 Å². The zero-order valence-electron chi connectivity index (χ0n) is 7.20. The van der Waals surface area contributed by atoms with Crippen LogP contribution in [0, 0.1) is 3.57 Å². The van der Waals surface area contributed by atoms with Crippen LogP contribution in [0.15, 0.2) is 17.1 Å². The quantitative estimate of drug-likeness (QED) is 0.627. The summed E-state index contributed by atoms with van der Waals surface area (Å²) < 4.78 is 37.8. The van der Waals surface area contributed by atoms with Crippen LogP contribution in [0.3, 0.4) is 0 Å². The van der Waals surface area contributed by atoms with Gasteiger partial charge in [0.25, 0.3) is 0 Å². The highest BCUT2D eigenvalue weighted by Gasteiger charge is 2.38. The largest absolute Gasteiger partial charge is 0.429 e. The number of rotatable bonds is 0. The van der Waals surface area contributed by atoms with Gasteiger partial charge in [-0.15, -0.1) is 0 Å². The Hall–Kier alpha value is -0.300. The fraction of sp³-hybridized carbons (Fsp3) is 0.222. The van der Waals surface area contributed by atoms with Gasteiger partial charge in [-0.05, 0) is 40.3 Å². The first-order valence-electron chi connectivity index (χ1n) is 4.00. The minimum Gasteiger partial charge on any atom is -0.248 e. The summed E-state index contributed by atoms with van der Waals surface area (Å²) in [4.78, 5) is 3.53. The Balaban J connectivity index is 2.43. The van der Waals surface area contributed by atoms with Crippen molar-refractivity contribution in [3.8, 4) is 0 Å². The lowest BCUT2D eigenvalue weighted by Gasteiger charge is -2.03. The number of benzene rings is 1. The SMILES string of the molecule is FC(F)(F)C1=Nc2cc(Cl)c(I)cc2C1. The summed E-state index contributed by atoms with van der Waals surface area (Å²) in [5.41, 5.74) is 0.152. The number of fused-ring (bicyclic) bond motifs is 1. The maximum Gasteiger partial charge on any atom is 0.429 e. The fourth-order valence-electron chi connectivity index (χ4n) is 1.35. The minimum absolute atomic E-state index is 0.161. The molecule has 0 atom stereocenters. The predicted molar refractivity (Wildman–Crippen MR) is 61.0 cm³/mol. The van der Waals surface area contributed by atoms with Gasteiger partial charge in [-0.1, -0.05) is 11.6 Å². The first kappa shape index (κ1) is 11.2. The molecule has 0 aliphatic carbocycles. The molecule has 0 spiro atoms. The normalized spacial score (nSPS) is 15.1. The Kier molecular flexibility index (Phi) is 2.70. The number of nitrogens with zero attached hydrogens (tertiary/aromatic N) is 1. The molecule has 1 nitrogen and oxygen atoms in total. The van der Waals surface area contributed by atoms with Crippen LogP contribution in [-0.4, -0.2) is 11.9 Å². The highest BCUT2D eigenvalue weighted by atomic mass is 127. The lowest BCUT2D eigenvalue weighted by molar-refractivity contribution is -0.0597. The van der Waals surface area contributed by atoms with E-state index in [1.807, 2.05) is 22.6 Å². The molecule has 0 radical (unpaired) electrons. The summed E-state index contributed by atoms with van der Waals surface area (Å²) in [6.45, 7) is 0. The Morgan fingerprint density at radius 1 is 1.33 bits per heavy atom. The Morgan fingerprint density at radius 3 is 2.60 bits per heavy atom. The second-order valence-corrected chi connectivity index (χ2v) is 4.70. The molecule has 1 aliphatic heterocycles. The summed E-state index contributed by atoms with van der Waals surface area (Å²) in [7, 11) is 0. The molecule has 0 bridgehead atoms. The van der Waals surface area contributed by atoms with E-state index in [1.54, 1.807) is 6.07 Å². The molecule has 1 aromatic carbocycles. The van der Waals surface area contributed by atoms with Gasteiger partial charge in [-0.3, -0.25) is 0 Å². The number of hydrogen-bond donors (Lipinski definition) is 0. The number of aliphatic imine (C=N–C) groups is 1. The summed E-state index contributed by atoms with van der Waals surface area (Å²) in [6, 6.07) is 3.11. The standard InChI is InChI=1S/C9H4ClF3IN/c10-5-3-7-4(1-6(5)14)2-8(15-7)9(11,12)13/h1,3H,2H2. The van der Waals surface area contributed by atoms with Crippen molar-refractivity contribution in [3.05, 3.63) is 26.3 Å². The van der Waals surface area contributed by atoms with Gasteiger partial charge in [0.1, 0.15) is 5.71 Å². The van der Waals surface area contributed by atoms with Crippen molar-refractivity contribution >= 4 is 45.6 Å². The molecular weight excluding hydrogens is 341 g/mol. The van der Waals surface area contributed by atoms with E-state index in [0.29, 0.717) is 16.3 Å². The summed E-state index contributed by atoms with van der Waals surface area (Å²) in [5.74, 6) is 0. The molecule has 0 saturated heterocycles. The van der Waals surface area contributed by atoms with Crippen molar-refractivity contribution in [2.45, 2.75) is 12.6 Å². The molecule has 1 aromatic rings. The zero-order valence-corrected chi connectivity index (χ0v) is 10.1. The van der Waals surface area contributed by atoms with Gasteiger partial charge in [0.2, 0.25) is 0 Å². The van der Waals surface area contributed by atoms with E-state index in [0.717, 1.165) is 3.57 Å². The maximum absolute atomic E-state index is 12.4. The molecule has 0 fully saturated rings. The molecule has 1 heterocycles. The van der Waals surface area contributed by atoms with Gasteiger partial charge < -0.3 is 0 Å². The van der Waals surface area contributed by atoms with Crippen LogP contribution >= 0.6 is 34.2 Å². The zero-order chi connectivity index (χ0) is 11.2. The summed E-state index contributed by atoms with van der Waals surface area (Å²) in [5, 5.41) is 0.432. The van der Waals surface area contributed by atoms with Crippen LogP contribution in [0.25, 0.3) is 0 Å². The van der Waals surface area contributed by atoms with E-state index in [9.17, 15) is 13.2 Å². The van der Waals surface area contributed by atoms with Gasteiger partial charge in [0.05, 0.1) is 10.7 Å². The monoisotopic (exact) mass is 345 g/mol. The molecule has 0 N–H and O–H groups in total. The number of hydrogen-bond acceptors (Lipinski definition) is 1. The van der Waals surface area contributed by atoms with Crippen molar-refractivity contribution in [1.29, 1.82) is 0 Å². The predicted octanol–water partition coefficient (Wildman–Crippen LogP) is 4.14. The van der Waals surface area contributed by atoms with E-state index < -0.39 is 11.9 Å². The first-order chi connectivity index (χ1) is 6.88. The molecule has 0 unspecified atom stereocenters. The Morgan fingerprint density at radius 2 is 2.00 bits per heavy atom. The Labute approximate surface area is 102 Å². The third-order valence-corrected chi connectivity index (χ3v) is 3.59. The molecule has 2 rings (SSSR count). The second kappa shape index (κ2) is 3.62. The molecule has 1 aliphatic rings. The molecule has 0 saturated carbocycles. The van der Waals surface area contributed by atoms with Crippen LogP contribution < -0.4 is 0 Å². The Bertz CT molecular complexity index is 453. The van der Waals surface area contributed by atoms with Crippen molar-refractivity contribution in [1.82, 2.24) is 0 Å². The molecule has 0 amide bonds. The van der Waals surface area contributed by atoms with Crippen molar-refractivity contribution < 1.29 is 13.2 Å². The topological polar surface area (TPSA) is 12.4 Å². The average molecular weight is 345 g/mol. The molecule has 80 valence electrons.